The van der Waals surface area contributed by atoms with Crippen LogP contribution >= 0.6 is 0 Å². The molecule has 0 aliphatic carbocycles. The minimum Gasteiger partial charge on any atom is -0.320 e. The molecule has 0 bridgehead atoms. The van der Waals surface area contributed by atoms with Gasteiger partial charge in [0.05, 0.1) is 0 Å². The van der Waals surface area contributed by atoms with Gasteiger partial charge in [0.15, 0.2) is 0 Å². The summed E-state index contributed by atoms with van der Waals surface area (Å²) < 4.78 is 13.4. The summed E-state index contributed by atoms with van der Waals surface area (Å²) >= 11 is 0. The fourth-order valence-corrected chi connectivity index (χ4v) is 2.34. The van der Waals surface area contributed by atoms with Crippen LogP contribution in [-0.2, 0) is 0 Å². The lowest BCUT2D eigenvalue weighted by Crippen LogP contribution is -2.13. The molecule has 0 spiro atoms. The molecule has 19 heavy (non-hydrogen) atoms. The van der Waals surface area contributed by atoms with Gasteiger partial charge in [0, 0.05) is 5.92 Å². The van der Waals surface area contributed by atoms with Crippen molar-refractivity contribution in [3.05, 3.63) is 71.0 Å². The maximum absolute atomic E-state index is 13.4. The molecule has 0 saturated carbocycles. The maximum atomic E-state index is 13.4. The highest BCUT2D eigenvalue weighted by Gasteiger charge is 2.14. The van der Waals surface area contributed by atoms with Crippen molar-refractivity contribution < 1.29 is 4.39 Å². The van der Waals surface area contributed by atoms with Crippen LogP contribution in [0.2, 0.25) is 0 Å². The van der Waals surface area contributed by atoms with Crippen LogP contribution in [0.1, 0.15) is 29.0 Å². The van der Waals surface area contributed by atoms with Gasteiger partial charge >= 0.3 is 0 Å². The number of benzene rings is 2. The first-order chi connectivity index (χ1) is 9.20. The lowest BCUT2D eigenvalue weighted by Gasteiger charge is -2.18. The zero-order valence-corrected chi connectivity index (χ0v) is 11.5. The summed E-state index contributed by atoms with van der Waals surface area (Å²) in [5.74, 6) is 0.0721. The predicted octanol–water partition coefficient (Wildman–Crippen LogP) is 3.88. The Kier molecular flexibility index (Phi) is 4.69. The molecule has 0 fully saturated rings. The van der Waals surface area contributed by atoms with Gasteiger partial charge in [0.1, 0.15) is 5.82 Å². The SMILES string of the molecule is CNCCC(c1ccc(C)cc1)c1cccc(F)c1. The molecule has 0 saturated heterocycles. The van der Waals surface area contributed by atoms with E-state index in [-0.39, 0.29) is 11.7 Å². The highest BCUT2D eigenvalue weighted by Crippen LogP contribution is 2.28. The second-order valence-electron chi connectivity index (χ2n) is 4.91. The average Bonchev–Trinajstić information content (AvgIpc) is 2.41. The van der Waals surface area contributed by atoms with Crippen molar-refractivity contribution in [2.75, 3.05) is 13.6 Å². The quantitative estimate of drug-likeness (QED) is 0.857. The molecular formula is C17H20FN. The summed E-state index contributed by atoms with van der Waals surface area (Å²) in [5.41, 5.74) is 3.53. The number of rotatable bonds is 5. The smallest absolute Gasteiger partial charge is 0.123 e. The van der Waals surface area contributed by atoms with Crippen molar-refractivity contribution in [3.8, 4) is 0 Å². The second-order valence-corrected chi connectivity index (χ2v) is 4.91. The standard InChI is InChI=1S/C17H20FN/c1-13-6-8-14(9-7-13)17(10-11-19-2)15-4-3-5-16(18)12-15/h3-9,12,17,19H,10-11H2,1-2H3. The molecule has 1 unspecified atom stereocenters. The van der Waals surface area contributed by atoms with Gasteiger partial charge in [-0.1, -0.05) is 42.0 Å². The van der Waals surface area contributed by atoms with E-state index >= 15 is 0 Å². The average molecular weight is 257 g/mol. The first-order valence-electron chi connectivity index (χ1n) is 6.67. The predicted molar refractivity (Wildman–Crippen MR) is 78.0 cm³/mol. The van der Waals surface area contributed by atoms with E-state index < -0.39 is 0 Å². The molecule has 1 N–H and O–H groups in total. The molecule has 1 atom stereocenters. The van der Waals surface area contributed by atoms with E-state index in [2.05, 4.69) is 36.5 Å². The van der Waals surface area contributed by atoms with Crippen LogP contribution < -0.4 is 5.32 Å². The van der Waals surface area contributed by atoms with Gasteiger partial charge in [-0.25, -0.2) is 4.39 Å². The molecule has 0 aliphatic rings. The molecule has 2 heteroatoms. The zero-order valence-electron chi connectivity index (χ0n) is 11.5. The molecule has 2 aromatic rings. The lowest BCUT2D eigenvalue weighted by atomic mass is 9.88. The van der Waals surface area contributed by atoms with E-state index in [0.29, 0.717) is 0 Å². The third kappa shape index (κ3) is 3.65. The van der Waals surface area contributed by atoms with E-state index in [9.17, 15) is 4.39 Å². The summed E-state index contributed by atoms with van der Waals surface area (Å²) in [4.78, 5) is 0. The normalized spacial score (nSPS) is 12.4. The monoisotopic (exact) mass is 257 g/mol. The topological polar surface area (TPSA) is 12.0 Å². The maximum Gasteiger partial charge on any atom is 0.123 e. The molecule has 0 amide bonds. The van der Waals surface area contributed by atoms with Gasteiger partial charge in [0.25, 0.3) is 0 Å². The van der Waals surface area contributed by atoms with Gasteiger partial charge in [-0.3, -0.25) is 0 Å². The first kappa shape index (κ1) is 13.8. The van der Waals surface area contributed by atoms with Gasteiger partial charge < -0.3 is 5.32 Å². The fourth-order valence-electron chi connectivity index (χ4n) is 2.34. The Balaban J connectivity index is 2.32. The number of hydrogen-bond acceptors (Lipinski definition) is 1. The summed E-state index contributed by atoms with van der Waals surface area (Å²) in [6, 6.07) is 15.4. The number of halogens is 1. The van der Waals surface area contributed by atoms with Crippen LogP contribution in [0.25, 0.3) is 0 Å². The van der Waals surface area contributed by atoms with Crippen molar-refractivity contribution in [1.82, 2.24) is 5.32 Å². The Hall–Kier alpha value is -1.67. The summed E-state index contributed by atoms with van der Waals surface area (Å²) in [5, 5.41) is 3.17. The third-order valence-corrected chi connectivity index (χ3v) is 3.41. The van der Waals surface area contributed by atoms with Gasteiger partial charge in [0.2, 0.25) is 0 Å². The first-order valence-corrected chi connectivity index (χ1v) is 6.67. The number of nitrogens with one attached hydrogen (secondary N) is 1. The molecule has 0 heterocycles. The fraction of sp³-hybridized carbons (Fsp3) is 0.294. The molecular weight excluding hydrogens is 237 g/mol. The Morgan fingerprint density at radius 1 is 1.05 bits per heavy atom. The highest BCUT2D eigenvalue weighted by atomic mass is 19.1. The molecule has 2 rings (SSSR count). The molecule has 0 aliphatic heterocycles. The van der Waals surface area contributed by atoms with E-state index in [1.165, 1.54) is 17.2 Å². The van der Waals surface area contributed by atoms with Gasteiger partial charge in [-0.15, -0.1) is 0 Å². The van der Waals surface area contributed by atoms with Crippen LogP contribution in [0.15, 0.2) is 48.5 Å². The largest absolute Gasteiger partial charge is 0.320 e. The Labute approximate surface area is 114 Å². The molecule has 100 valence electrons. The number of aryl methyl sites for hydroxylation is 1. The van der Waals surface area contributed by atoms with Crippen LogP contribution in [0.5, 0.6) is 0 Å². The van der Waals surface area contributed by atoms with Crippen molar-refractivity contribution in [2.45, 2.75) is 19.3 Å². The van der Waals surface area contributed by atoms with Crippen molar-refractivity contribution in [2.24, 2.45) is 0 Å². The van der Waals surface area contributed by atoms with Gasteiger partial charge in [-0.2, -0.15) is 0 Å². The van der Waals surface area contributed by atoms with E-state index in [1.807, 2.05) is 13.1 Å². The van der Waals surface area contributed by atoms with E-state index in [4.69, 9.17) is 0 Å². The van der Waals surface area contributed by atoms with Crippen molar-refractivity contribution >= 4 is 0 Å². The molecule has 0 aromatic heterocycles. The Morgan fingerprint density at radius 2 is 1.79 bits per heavy atom. The Bertz CT molecular complexity index is 519. The van der Waals surface area contributed by atoms with Crippen LogP contribution in [0, 0.1) is 12.7 Å². The summed E-state index contributed by atoms with van der Waals surface area (Å²) in [6.07, 6.45) is 0.961. The summed E-state index contributed by atoms with van der Waals surface area (Å²) in [6.45, 7) is 2.99. The van der Waals surface area contributed by atoms with E-state index in [0.717, 1.165) is 18.5 Å². The minimum absolute atomic E-state index is 0.168. The van der Waals surface area contributed by atoms with Crippen molar-refractivity contribution in [1.29, 1.82) is 0 Å². The second kappa shape index (κ2) is 6.48. The Morgan fingerprint density at radius 3 is 2.42 bits per heavy atom. The minimum atomic E-state index is -0.168. The summed E-state index contributed by atoms with van der Waals surface area (Å²) in [7, 11) is 1.94. The van der Waals surface area contributed by atoms with Crippen molar-refractivity contribution in [3.63, 3.8) is 0 Å². The van der Waals surface area contributed by atoms with E-state index in [1.54, 1.807) is 12.1 Å². The van der Waals surface area contributed by atoms with Crippen LogP contribution in [0.3, 0.4) is 0 Å². The van der Waals surface area contributed by atoms with Gasteiger partial charge in [-0.05, 0) is 50.2 Å². The zero-order chi connectivity index (χ0) is 13.7. The van der Waals surface area contributed by atoms with Crippen LogP contribution in [0.4, 0.5) is 4.39 Å². The number of hydrogen-bond donors (Lipinski definition) is 1. The lowest BCUT2D eigenvalue weighted by molar-refractivity contribution is 0.616. The molecule has 0 radical (unpaired) electrons. The molecule has 1 nitrogen and oxygen atoms in total. The molecule has 2 aromatic carbocycles. The third-order valence-electron chi connectivity index (χ3n) is 3.41. The highest BCUT2D eigenvalue weighted by molar-refractivity contribution is 5.34. The van der Waals surface area contributed by atoms with Crippen LogP contribution in [-0.4, -0.2) is 13.6 Å².